The molecule has 0 spiro atoms. The number of aromatic nitrogens is 3. The number of hydrogen-bond acceptors (Lipinski definition) is 5. The molecule has 90 valence electrons. The standard InChI is InChI=1S/C10H17N3O2S/c1-10(2,3)15-8(14)5-6-16-9-12-11-7-13(9)4/h7H,5-6H2,1-4H3. The molecule has 0 aliphatic carbocycles. The fourth-order valence-electron chi connectivity index (χ4n) is 1.02. The molecule has 0 bridgehead atoms. The first-order valence-electron chi connectivity index (χ1n) is 5.07. The van der Waals surface area contributed by atoms with E-state index in [9.17, 15) is 4.79 Å². The minimum Gasteiger partial charge on any atom is -0.460 e. The van der Waals surface area contributed by atoms with Crippen LogP contribution in [0.25, 0.3) is 0 Å². The van der Waals surface area contributed by atoms with Crippen molar-refractivity contribution in [2.24, 2.45) is 7.05 Å². The molecular weight excluding hydrogens is 226 g/mol. The van der Waals surface area contributed by atoms with Gasteiger partial charge in [-0.2, -0.15) is 0 Å². The summed E-state index contributed by atoms with van der Waals surface area (Å²) in [6, 6.07) is 0. The van der Waals surface area contributed by atoms with Gasteiger partial charge >= 0.3 is 5.97 Å². The van der Waals surface area contributed by atoms with Crippen molar-refractivity contribution < 1.29 is 9.53 Å². The van der Waals surface area contributed by atoms with Crippen molar-refractivity contribution in [2.45, 2.75) is 37.9 Å². The van der Waals surface area contributed by atoms with Crippen LogP contribution in [0.15, 0.2) is 11.5 Å². The number of thioether (sulfide) groups is 1. The summed E-state index contributed by atoms with van der Waals surface area (Å²) < 4.78 is 7.01. The second-order valence-corrected chi connectivity index (χ2v) is 5.47. The smallest absolute Gasteiger partial charge is 0.307 e. The van der Waals surface area contributed by atoms with Crippen molar-refractivity contribution in [1.82, 2.24) is 14.8 Å². The van der Waals surface area contributed by atoms with E-state index < -0.39 is 5.60 Å². The van der Waals surface area contributed by atoms with E-state index in [0.29, 0.717) is 12.2 Å². The average Bonchev–Trinajstić information content (AvgIpc) is 2.48. The second-order valence-electron chi connectivity index (χ2n) is 4.41. The highest BCUT2D eigenvalue weighted by Gasteiger charge is 2.16. The van der Waals surface area contributed by atoms with E-state index in [0.717, 1.165) is 5.16 Å². The van der Waals surface area contributed by atoms with Gasteiger partial charge in [0.2, 0.25) is 0 Å². The van der Waals surface area contributed by atoms with Crippen molar-refractivity contribution >= 4 is 17.7 Å². The highest BCUT2D eigenvalue weighted by Crippen LogP contribution is 2.16. The van der Waals surface area contributed by atoms with Gasteiger partial charge in [-0.1, -0.05) is 11.8 Å². The Labute approximate surface area is 99.6 Å². The predicted octanol–water partition coefficient (Wildman–Crippen LogP) is 1.64. The highest BCUT2D eigenvalue weighted by molar-refractivity contribution is 7.99. The Balaban J connectivity index is 2.26. The normalized spacial score (nSPS) is 11.5. The number of rotatable bonds is 4. The molecule has 0 fully saturated rings. The first-order chi connectivity index (χ1) is 7.38. The van der Waals surface area contributed by atoms with E-state index in [-0.39, 0.29) is 5.97 Å². The van der Waals surface area contributed by atoms with Crippen LogP contribution in [0.3, 0.4) is 0 Å². The topological polar surface area (TPSA) is 57.0 Å². The van der Waals surface area contributed by atoms with Crippen molar-refractivity contribution in [3.63, 3.8) is 0 Å². The van der Waals surface area contributed by atoms with Gasteiger partial charge in [0.05, 0.1) is 6.42 Å². The zero-order valence-electron chi connectivity index (χ0n) is 10.1. The van der Waals surface area contributed by atoms with Gasteiger partial charge in [-0.15, -0.1) is 10.2 Å². The van der Waals surface area contributed by atoms with E-state index in [1.165, 1.54) is 11.8 Å². The molecule has 0 saturated heterocycles. The molecule has 0 unspecified atom stereocenters. The molecular formula is C10H17N3O2S. The summed E-state index contributed by atoms with van der Waals surface area (Å²) in [5.41, 5.74) is -0.410. The molecule has 1 heterocycles. The quantitative estimate of drug-likeness (QED) is 0.594. The van der Waals surface area contributed by atoms with E-state index >= 15 is 0 Å². The minimum atomic E-state index is -0.410. The summed E-state index contributed by atoms with van der Waals surface area (Å²) >= 11 is 1.50. The van der Waals surface area contributed by atoms with E-state index in [1.54, 1.807) is 6.33 Å². The fraction of sp³-hybridized carbons (Fsp3) is 0.700. The Bertz CT molecular complexity index is 357. The lowest BCUT2D eigenvalue weighted by Crippen LogP contribution is -2.24. The van der Waals surface area contributed by atoms with Crippen LogP contribution >= 0.6 is 11.8 Å². The maximum atomic E-state index is 11.4. The zero-order valence-corrected chi connectivity index (χ0v) is 10.9. The van der Waals surface area contributed by atoms with Crippen LogP contribution in [0.5, 0.6) is 0 Å². The third kappa shape index (κ3) is 4.65. The predicted molar refractivity (Wildman–Crippen MR) is 62.2 cm³/mol. The Morgan fingerprint density at radius 1 is 1.56 bits per heavy atom. The molecule has 1 aromatic rings. The van der Waals surface area contributed by atoms with Gasteiger partial charge in [0.1, 0.15) is 11.9 Å². The molecule has 0 saturated carbocycles. The summed E-state index contributed by atoms with van der Waals surface area (Å²) in [5.74, 6) is 0.476. The van der Waals surface area contributed by atoms with E-state index in [1.807, 2.05) is 32.4 Å². The number of esters is 1. The van der Waals surface area contributed by atoms with Crippen molar-refractivity contribution in [1.29, 1.82) is 0 Å². The Morgan fingerprint density at radius 2 is 2.25 bits per heavy atom. The number of carbonyl (C=O) groups is 1. The second kappa shape index (κ2) is 5.34. The number of aryl methyl sites for hydroxylation is 1. The Morgan fingerprint density at radius 3 is 2.75 bits per heavy atom. The summed E-state index contributed by atoms with van der Waals surface area (Å²) in [7, 11) is 1.87. The summed E-state index contributed by atoms with van der Waals surface area (Å²) in [5, 5.41) is 8.47. The summed E-state index contributed by atoms with van der Waals surface area (Å²) in [6.45, 7) is 5.59. The van der Waals surface area contributed by atoms with Gasteiger partial charge in [-0.3, -0.25) is 4.79 Å². The Kier molecular flexibility index (Phi) is 4.35. The third-order valence-electron chi connectivity index (χ3n) is 1.63. The molecule has 5 nitrogen and oxygen atoms in total. The van der Waals surface area contributed by atoms with Gasteiger partial charge in [-0.25, -0.2) is 0 Å². The lowest BCUT2D eigenvalue weighted by molar-refractivity contribution is -0.154. The minimum absolute atomic E-state index is 0.179. The molecule has 0 N–H and O–H groups in total. The number of ether oxygens (including phenoxy) is 1. The molecule has 0 amide bonds. The van der Waals surface area contributed by atoms with Crippen LogP contribution in [0.2, 0.25) is 0 Å². The SMILES string of the molecule is Cn1cnnc1SCCC(=O)OC(C)(C)C. The van der Waals surface area contributed by atoms with Gasteiger partial charge in [0, 0.05) is 12.8 Å². The first kappa shape index (κ1) is 13.0. The molecule has 0 atom stereocenters. The molecule has 16 heavy (non-hydrogen) atoms. The van der Waals surface area contributed by atoms with Crippen LogP contribution in [0, 0.1) is 0 Å². The van der Waals surface area contributed by atoms with Crippen molar-refractivity contribution in [3.05, 3.63) is 6.33 Å². The monoisotopic (exact) mass is 243 g/mol. The van der Waals surface area contributed by atoms with E-state index in [2.05, 4.69) is 10.2 Å². The molecule has 0 radical (unpaired) electrons. The molecule has 0 aliphatic heterocycles. The lowest BCUT2D eigenvalue weighted by atomic mass is 10.2. The van der Waals surface area contributed by atoms with Gasteiger partial charge in [0.25, 0.3) is 0 Å². The lowest BCUT2D eigenvalue weighted by Gasteiger charge is -2.19. The maximum Gasteiger partial charge on any atom is 0.307 e. The molecule has 6 heteroatoms. The highest BCUT2D eigenvalue weighted by atomic mass is 32.2. The summed E-state index contributed by atoms with van der Waals surface area (Å²) in [4.78, 5) is 11.4. The zero-order chi connectivity index (χ0) is 12.2. The fourth-order valence-corrected chi connectivity index (χ4v) is 1.83. The van der Waals surface area contributed by atoms with Crippen LogP contribution in [-0.4, -0.2) is 32.1 Å². The number of hydrogen-bond donors (Lipinski definition) is 0. The van der Waals surface area contributed by atoms with E-state index in [4.69, 9.17) is 4.74 Å². The third-order valence-corrected chi connectivity index (χ3v) is 2.66. The molecule has 1 rings (SSSR count). The number of carbonyl (C=O) groups excluding carboxylic acids is 1. The molecule has 0 aromatic carbocycles. The van der Waals surface area contributed by atoms with Crippen molar-refractivity contribution in [2.75, 3.05) is 5.75 Å². The van der Waals surface area contributed by atoms with Crippen LogP contribution in [0.1, 0.15) is 27.2 Å². The largest absolute Gasteiger partial charge is 0.460 e. The van der Waals surface area contributed by atoms with Crippen molar-refractivity contribution in [3.8, 4) is 0 Å². The van der Waals surface area contributed by atoms with Gasteiger partial charge in [0.15, 0.2) is 5.16 Å². The van der Waals surface area contributed by atoms with Gasteiger partial charge < -0.3 is 9.30 Å². The van der Waals surface area contributed by atoms with Crippen LogP contribution < -0.4 is 0 Å². The van der Waals surface area contributed by atoms with Gasteiger partial charge in [-0.05, 0) is 20.8 Å². The first-order valence-corrected chi connectivity index (χ1v) is 6.06. The average molecular weight is 243 g/mol. The molecule has 1 aromatic heterocycles. The summed E-state index contributed by atoms with van der Waals surface area (Å²) in [6.07, 6.45) is 2.02. The molecule has 0 aliphatic rings. The van der Waals surface area contributed by atoms with Crippen LogP contribution in [-0.2, 0) is 16.6 Å². The van der Waals surface area contributed by atoms with Crippen LogP contribution in [0.4, 0.5) is 0 Å². The Hall–Kier alpha value is -1.04. The number of nitrogens with zero attached hydrogens (tertiary/aromatic N) is 3. The maximum absolute atomic E-state index is 11.4.